The Morgan fingerprint density at radius 3 is 2.52 bits per heavy atom. The van der Waals surface area contributed by atoms with E-state index < -0.39 is 23.2 Å². The summed E-state index contributed by atoms with van der Waals surface area (Å²) in [5.74, 6) is -1.54. The average molecular weight is 411 g/mol. The lowest BCUT2D eigenvalue weighted by atomic mass is 9.87. The fraction of sp³-hybridized carbons (Fsp3) is 0.0909. The van der Waals surface area contributed by atoms with Crippen molar-refractivity contribution in [3.05, 3.63) is 94.8 Å². The summed E-state index contributed by atoms with van der Waals surface area (Å²) in [4.78, 5) is 27.0. The molecular weight excluding hydrogens is 395 g/mol. The molecule has 1 aliphatic heterocycles. The molecule has 3 aromatic rings. The van der Waals surface area contributed by atoms with Crippen molar-refractivity contribution in [3.8, 4) is 0 Å². The summed E-state index contributed by atoms with van der Waals surface area (Å²) in [6.07, 6.45) is 0. The number of amides is 2. The van der Waals surface area contributed by atoms with Crippen LogP contribution in [0.2, 0.25) is 5.02 Å². The van der Waals surface area contributed by atoms with E-state index in [1.54, 1.807) is 42.5 Å². The van der Waals surface area contributed by atoms with Gasteiger partial charge < -0.3 is 10.4 Å². The third-order valence-corrected chi connectivity index (χ3v) is 5.05. The minimum atomic E-state index is -1.95. The molecule has 0 aliphatic carbocycles. The van der Waals surface area contributed by atoms with Crippen molar-refractivity contribution in [2.45, 2.75) is 5.60 Å². The summed E-state index contributed by atoms with van der Waals surface area (Å²) in [5, 5.41) is 14.4. The third-order valence-electron chi connectivity index (χ3n) is 4.81. The van der Waals surface area contributed by atoms with Gasteiger partial charge in [-0.1, -0.05) is 41.9 Å². The molecule has 5 nitrogen and oxygen atoms in total. The smallest absolute Gasteiger partial charge is 0.268 e. The molecule has 1 heterocycles. The van der Waals surface area contributed by atoms with Crippen LogP contribution in [-0.2, 0) is 15.2 Å². The van der Waals surface area contributed by atoms with E-state index in [9.17, 15) is 19.1 Å². The molecular formula is C22H16ClFN2O3. The molecule has 3 aromatic carbocycles. The van der Waals surface area contributed by atoms with Gasteiger partial charge in [0.15, 0.2) is 5.60 Å². The summed E-state index contributed by atoms with van der Waals surface area (Å²) >= 11 is 6.06. The molecule has 0 saturated carbocycles. The van der Waals surface area contributed by atoms with Crippen LogP contribution in [-0.4, -0.2) is 23.5 Å². The third kappa shape index (κ3) is 3.37. The van der Waals surface area contributed by atoms with Crippen LogP contribution in [0.5, 0.6) is 0 Å². The SMILES string of the molecule is O=C(CN1C(=O)[C@](O)(c2cccc(Cl)c2)c2ccccc21)Nc1ccc(F)cc1. The zero-order valence-corrected chi connectivity index (χ0v) is 15.9. The fourth-order valence-electron chi connectivity index (χ4n) is 3.46. The summed E-state index contributed by atoms with van der Waals surface area (Å²) < 4.78 is 13.0. The van der Waals surface area contributed by atoms with Crippen molar-refractivity contribution in [3.63, 3.8) is 0 Å². The predicted octanol–water partition coefficient (Wildman–Crippen LogP) is 3.70. The Morgan fingerprint density at radius 2 is 1.79 bits per heavy atom. The highest BCUT2D eigenvalue weighted by Crippen LogP contribution is 2.44. The molecule has 4 rings (SSSR count). The number of rotatable bonds is 4. The number of nitrogens with zero attached hydrogens (tertiary/aromatic N) is 1. The Balaban J connectivity index is 1.66. The largest absolute Gasteiger partial charge is 0.372 e. The second-order valence-electron chi connectivity index (χ2n) is 6.68. The predicted molar refractivity (Wildman–Crippen MR) is 108 cm³/mol. The van der Waals surface area contributed by atoms with Gasteiger partial charge in [-0.2, -0.15) is 0 Å². The first-order valence-electron chi connectivity index (χ1n) is 8.85. The van der Waals surface area contributed by atoms with Crippen molar-refractivity contribution in [2.75, 3.05) is 16.8 Å². The van der Waals surface area contributed by atoms with Crippen molar-refractivity contribution in [1.29, 1.82) is 0 Å². The first-order chi connectivity index (χ1) is 13.9. The number of carbonyl (C=O) groups is 2. The monoisotopic (exact) mass is 410 g/mol. The Labute approximate surface area is 171 Å². The summed E-state index contributed by atoms with van der Waals surface area (Å²) in [7, 11) is 0. The number of hydrogen-bond acceptors (Lipinski definition) is 3. The second-order valence-corrected chi connectivity index (χ2v) is 7.12. The zero-order chi connectivity index (χ0) is 20.6. The number of carbonyl (C=O) groups excluding carboxylic acids is 2. The van der Waals surface area contributed by atoms with Crippen molar-refractivity contribution in [2.24, 2.45) is 0 Å². The van der Waals surface area contributed by atoms with Gasteiger partial charge >= 0.3 is 0 Å². The molecule has 1 aliphatic rings. The van der Waals surface area contributed by atoms with E-state index in [0.717, 1.165) is 0 Å². The van der Waals surface area contributed by atoms with E-state index in [1.807, 2.05) is 0 Å². The molecule has 0 fully saturated rings. The first kappa shape index (κ1) is 19.1. The van der Waals surface area contributed by atoms with Gasteiger partial charge in [-0.25, -0.2) is 4.39 Å². The minimum absolute atomic E-state index is 0.309. The van der Waals surface area contributed by atoms with Crippen molar-refractivity contribution in [1.82, 2.24) is 0 Å². The molecule has 146 valence electrons. The molecule has 0 saturated heterocycles. The number of benzene rings is 3. The normalized spacial score (nSPS) is 17.9. The van der Waals surface area contributed by atoms with Gasteiger partial charge in [0.1, 0.15) is 12.4 Å². The number of halogens is 2. The van der Waals surface area contributed by atoms with Crippen LogP contribution in [0, 0.1) is 5.82 Å². The Kier molecular flexibility index (Phi) is 4.82. The van der Waals surface area contributed by atoms with Crippen molar-refractivity contribution >= 4 is 34.8 Å². The van der Waals surface area contributed by atoms with Gasteiger partial charge in [-0.15, -0.1) is 0 Å². The molecule has 2 amide bonds. The van der Waals surface area contributed by atoms with Crippen molar-refractivity contribution < 1.29 is 19.1 Å². The quantitative estimate of drug-likeness (QED) is 0.689. The fourth-order valence-corrected chi connectivity index (χ4v) is 3.65. The van der Waals surface area contributed by atoms with Crippen LogP contribution < -0.4 is 10.2 Å². The van der Waals surface area contributed by atoms with Crippen LogP contribution in [0.4, 0.5) is 15.8 Å². The molecule has 0 spiro atoms. The maximum Gasteiger partial charge on any atom is 0.268 e. The highest BCUT2D eigenvalue weighted by molar-refractivity contribution is 6.30. The number of aliphatic hydroxyl groups is 1. The lowest BCUT2D eigenvalue weighted by Gasteiger charge is -2.23. The van der Waals surface area contributed by atoms with Gasteiger partial charge in [-0.3, -0.25) is 14.5 Å². The standard InChI is InChI=1S/C22H16ClFN2O3/c23-15-5-3-4-14(12-15)22(29)18-6-1-2-7-19(18)26(21(22)28)13-20(27)25-17-10-8-16(24)9-11-17/h1-12,29H,13H2,(H,25,27)/t22-/m0/s1. The molecule has 1 atom stereocenters. The van der Waals surface area contributed by atoms with E-state index in [1.165, 1.54) is 35.2 Å². The Bertz CT molecular complexity index is 1100. The van der Waals surface area contributed by atoms with Crippen LogP contribution in [0.3, 0.4) is 0 Å². The summed E-state index contributed by atoms with van der Waals surface area (Å²) in [5.41, 5.74) is -0.404. The maximum atomic E-state index is 13.2. The Morgan fingerprint density at radius 1 is 1.07 bits per heavy atom. The topological polar surface area (TPSA) is 69.6 Å². The van der Waals surface area contributed by atoms with Gasteiger partial charge in [-0.05, 0) is 48.0 Å². The first-order valence-corrected chi connectivity index (χ1v) is 9.22. The van der Waals surface area contributed by atoms with Crippen LogP contribution in [0.15, 0.2) is 72.8 Å². The van der Waals surface area contributed by atoms with E-state index in [-0.39, 0.29) is 6.54 Å². The molecule has 0 unspecified atom stereocenters. The molecule has 0 bridgehead atoms. The number of hydrogen-bond donors (Lipinski definition) is 2. The number of fused-ring (bicyclic) bond motifs is 1. The van der Waals surface area contributed by atoms with Crippen LogP contribution >= 0.6 is 11.6 Å². The van der Waals surface area contributed by atoms with Crippen LogP contribution in [0.25, 0.3) is 0 Å². The maximum absolute atomic E-state index is 13.2. The highest BCUT2D eigenvalue weighted by Gasteiger charge is 2.51. The van der Waals surface area contributed by atoms with E-state index in [4.69, 9.17) is 11.6 Å². The van der Waals surface area contributed by atoms with Gasteiger partial charge in [0.05, 0.1) is 5.69 Å². The van der Waals surface area contributed by atoms with Crippen LogP contribution in [0.1, 0.15) is 11.1 Å². The van der Waals surface area contributed by atoms with E-state index >= 15 is 0 Å². The van der Waals surface area contributed by atoms with Gasteiger partial charge in [0.2, 0.25) is 5.91 Å². The molecule has 2 N–H and O–H groups in total. The summed E-state index contributed by atoms with van der Waals surface area (Å²) in [6.45, 7) is -0.309. The Hall–Kier alpha value is -3.22. The molecule has 7 heteroatoms. The van der Waals surface area contributed by atoms with Gasteiger partial charge in [0.25, 0.3) is 5.91 Å². The van der Waals surface area contributed by atoms with E-state index in [2.05, 4.69) is 5.32 Å². The number of para-hydroxylation sites is 1. The summed E-state index contributed by atoms with van der Waals surface area (Å²) in [6, 6.07) is 18.5. The minimum Gasteiger partial charge on any atom is -0.372 e. The molecule has 29 heavy (non-hydrogen) atoms. The molecule has 0 radical (unpaired) electrons. The number of anilines is 2. The number of nitrogens with one attached hydrogen (secondary N) is 1. The lowest BCUT2D eigenvalue weighted by Crippen LogP contribution is -2.44. The second kappa shape index (κ2) is 7.31. The van der Waals surface area contributed by atoms with Gasteiger partial charge in [0, 0.05) is 16.3 Å². The lowest BCUT2D eigenvalue weighted by molar-refractivity contribution is -0.133. The highest BCUT2D eigenvalue weighted by atomic mass is 35.5. The zero-order valence-electron chi connectivity index (χ0n) is 15.1. The molecule has 0 aromatic heterocycles. The average Bonchev–Trinajstić information content (AvgIpc) is 2.93. The van der Waals surface area contributed by atoms with E-state index in [0.29, 0.717) is 27.5 Å².